The van der Waals surface area contributed by atoms with Crippen LogP contribution in [0.2, 0.25) is 0 Å². The maximum absolute atomic E-state index is 6.26. The van der Waals surface area contributed by atoms with Crippen LogP contribution in [0.5, 0.6) is 0 Å². The summed E-state index contributed by atoms with van der Waals surface area (Å²) in [6, 6.07) is 0. The van der Waals surface area contributed by atoms with Crippen molar-refractivity contribution in [2.24, 2.45) is 17.8 Å². The van der Waals surface area contributed by atoms with Crippen LogP contribution in [-0.2, 0) is 18.8 Å². The molecule has 2 rings (SSSR count). The Kier molecular flexibility index (Phi) is 6.92. The standard InChI is InChI=1S/C21H41BO4/c1-10-21(9,22-25-19(5,6)20(7,8)26-22)24-14-23-18-13-16(4)11-12-17(18)15(2)3/h15-18H,10-14H2,1-9H3/t16-,17+,18-,21?/m1/s1. The van der Waals surface area contributed by atoms with Crippen LogP contribution in [0.4, 0.5) is 0 Å². The lowest BCUT2D eigenvalue weighted by atomic mass is 9.66. The Morgan fingerprint density at radius 3 is 2.19 bits per heavy atom. The van der Waals surface area contributed by atoms with Gasteiger partial charge in [0.2, 0.25) is 0 Å². The van der Waals surface area contributed by atoms with Crippen molar-refractivity contribution in [2.75, 3.05) is 6.79 Å². The van der Waals surface area contributed by atoms with Gasteiger partial charge in [0.25, 0.3) is 0 Å². The van der Waals surface area contributed by atoms with E-state index in [-0.39, 0.29) is 24.4 Å². The second-order valence-corrected chi connectivity index (χ2v) is 10.0. The Labute approximate surface area is 161 Å². The van der Waals surface area contributed by atoms with Crippen molar-refractivity contribution >= 4 is 7.12 Å². The molecule has 1 saturated heterocycles. The van der Waals surface area contributed by atoms with E-state index in [2.05, 4.69) is 62.3 Å². The van der Waals surface area contributed by atoms with Gasteiger partial charge in [0.05, 0.1) is 17.3 Å². The molecule has 1 heterocycles. The minimum Gasteiger partial charge on any atom is -0.401 e. The fourth-order valence-corrected chi connectivity index (χ4v) is 3.99. The smallest absolute Gasteiger partial charge is 0.401 e. The molecule has 152 valence electrons. The molecule has 1 unspecified atom stereocenters. The van der Waals surface area contributed by atoms with Crippen LogP contribution in [-0.4, -0.2) is 36.7 Å². The van der Waals surface area contributed by atoms with E-state index in [9.17, 15) is 0 Å². The van der Waals surface area contributed by atoms with E-state index in [0.717, 1.165) is 18.8 Å². The predicted octanol–water partition coefficient (Wildman–Crippen LogP) is 5.24. The highest BCUT2D eigenvalue weighted by Gasteiger charge is 2.58. The minimum absolute atomic E-state index is 0.290. The minimum atomic E-state index is -0.515. The van der Waals surface area contributed by atoms with Crippen molar-refractivity contribution in [2.45, 2.75) is 111 Å². The third kappa shape index (κ3) is 4.66. The van der Waals surface area contributed by atoms with Gasteiger partial charge in [-0.3, -0.25) is 0 Å². The lowest BCUT2D eigenvalue weighted by Crippen LogP contribution is -2.48. The van der Waals surface area contributed by atoms with Gasteiger partial charge >= 0.3 is 7.12 Å². The van der Waals surface area contributed by atoms with Crippen LogP contribution in [0.15, 0.2) is 0 Å². The molecule has 4 atom stereocenters. The number of hydrogen-bond donors (Lipinski definition) is 0. The maximum Gasteiger partial charge on any atom is 0.492 e. The molecule has 0 N–H and O–H groups in total. The van der Waals surface area contributed by atoms with Gasteiger partial charge < -0.3 is 18.8 Å². The van der Waals surface area contributed by atoms with Gasteiger partial charge in [0, 0.05) is 0 Å². The van der Waals surface area contributed by atoms with Crippen molar-refractivity contribution in [1.29, 1.82) is 0 Å². The molecule has 0 aromatic rings. The van der Waals surface area contributed by atoms with Crippen molar-refractivity contribution in [3.63, 3.8) is 0 Å². The van der Waals surface area contributed by atoms with Gasteiger partial charge in [0.1, 0.15) is 12.3 Å². The molecule has 0 amide bonds. The van der Waals surface area contributed by atoms with Crippen LogP contribution in [0, 0.1) is 17.8 Å². The summed E-state index contributed by atoms with van der Waals surface area (Å²) < 4.78 is 25.0. The highest BCUT2D eigenvalue weighted by atomic mass is 16.7. The molecule has 4 nitrogen and oxygen atoms in total. The van der Waals surface area contributed by atoms with Crippen LogP contribution in [0.3, 0.4) is 0 Å². The Balaban J connectivity index is 1.95. The van der Waals surface area contributed by atoms with Gasteiger partial charge in [-0.05, 0) is 71.6 Å². The summed E-state index contributed by atoms with van der Waals surface area (Å²) >= 11 is 0. The highest BCUT2D eigenvalue weighted by Crippen LogP contribution is 2.41. The molecule has 5 heteroatoms. The van der Waals surface area contributed by atoms with Crippen molar-refractivity contribution in [1.82, 2.24) is 0 Å². The molecule has 0 bridgehead atoms. The summed E-state index contributed by atoms with van der Waals surface area (Å²) in [6.07, 6.45) is 4.79. The van der Waals surface area contributed by atoms with Crippen LogP contribution >= 0.6 is 0 Å². The van der Waals surface area contributed by atoms with Crippen LogP contribution in [0.25, 0.3) is 0 Å². The largest absolute Gasteiger partial charge is 0.492 e. The van der Waals surface area contributed by atoms with E-state index in [1.165, 1.54) is 12.8 Å². The zero-order valence-electron chi connectivity index (χ0n) is 18.6. The normalized spacial score (nSPS) is 33.5. The van der Waals surface area contributed by atoms with Gasteiger partial charge in [0.15, 0.2) is 0 Å². The third-order valence-corrected chi connectivity index (χ3v) is 7.09. The van der Waals surface area contributed by atoms with E-state index >= 15 is 0 Å². The van der Waals surface area contributed by atoms with Gasteiger partial charge in [-0.1, -0.05) is 34.1 Å². The SMILES string of the molecule is CCC(C)(OCO[C@@H]1C[C@H](C)CC[C@H]1C(C)C)B1OC(C)(C)C(C)(C)O1. The Hall–Kier alpha value is -0.0951. The van der Waals surface area contributed by atoms with E-state index in [1.54, 1.807) is 0 Å². The van der Waals surface area contributed by atoms with Crippen molar-refractivity contribution in [3.05, 3.63) is 0 Å². The quantitative estimate of drug-likeness (QED) is 0.455. The summed E-state index contributed by atoms with van der Waals surface area (Å²) in [6.45, 7) is 19.7. The molecule has 1 aliphatic carbocycles. The lowest BCUT2D eigenvalue weighted by molar-refractivity contribution is -0.162. The molecule has 0 radical (unpaired) electrons. The molecule has 2 fully saturated rings. The summed E-state index contributed by atoms with van der Waals surface area (Å²) in [5, 5.41) is 0. The number of rotatable bonds is 7. The number of ether oxygens (including phenoxy) is 2. The first-order valence-corrected chi connectivity index (χ1v) is 10.5. The Morgan fingerprint density at radius 2 is 1.69 bits per heavy atom. The average Bonchev–Trinajstić information content (AvgIpc) is 2.75. The molecule has 0 aromatic carbocycles. The maximum atomic E-state index is 6.26. The third-order valence-electron chi connectivity index (χ3n) is 7.09. The van der Waals surface area contributed by atoms with Crippen molar-refractivity contribution in [3.8, 4) is 0 Å². The lowest BCUT2D eigenvalue weighted by Gasteiger charge is -2.38. The van der Waals surface area contributed by atoms with Crippen LogP contribution < -0.4 is 0 Å². The molecular formula is C21H41BO4. The molecule has 2 aliphatic rings. The topological polar surface area (TPSA) is 36.9 Å². The first-order valence-electron chi connectivity index (χ1n) is 10.5. The molecule has 0 spiro atoms. The van der Waals surface area contributed by atoms with Gasteiger partial charge in [-0.15, -0.1) is 0 Å². The second-order valence-electron chi connectivity index (χ2n) is 10.0. The Bertz CT molecular complexity index is 449. The molecule has 26 heavy (non-hydrogen) atoms. The van der Waals surface area contributed by atoms with E-state index < -0.39 is 5.50 Å². The van der Waals surface area contributed by atoms with Crippen molar-refractivity contribution < 1.29 is 18.8 Å². The monoisotopic (exact) mass is 368 g/mol. The fraction of sp³-hybridized carbons (Fsp3) is 1.00. The summed E-state index contributed by atoms with van der Waals surface area (Å²) in [5.74, 6) is 2.00. The molecule has 1 saturated carbocycles. The fourth-order valence-electron chi connectivity index (χ4n) is 3.99. The van der Waals surface area contributed by atoms with Gasteiger partial charge in [-0.2, -0.15) is 0 Å². The second kappa shape index (κ2) is 8.10. The molecule has 1 aliphatic heterocycles. The predicted molar refractivity (Wildman–Crippen MR) is 107 cm³/mol. The first kappa shape index (κ1) is 22.2. The average molecular weight is 368 g/mol. The Morgan fingerprint density at radius 1 is 1.12 bits per heavy atom. The molecule has 0 aromatic heterocycles. The summed E-state index contributed by atoms with van der Waals surface area (Å²) in [5.41, 5.74) is -1.21. The first-order chi connectivity index (χ1) is 11.9. The van der Waals surface area contributed by atoms with E-state index in [4.69, 9.17) is 18.8 Å². The van der Waals surface area contributed by atoms with Crippen LogP contribution in [0.1, 0.15) is 88.0 Å². The van der Waals surface area contributed by atoms with E-state index in [0.29, 0.717) is 18.6 Å². The summed E-state index contributed by atoms with van der Waals surface area (Å²) in [4.78, 5) is 0. The van der Waals surface area contributed by atoms with Gasteiger partial charge in [-0.25, -0.2) is 0 Å². The number of hydrogen-bond acceptors (Lipinski definition) is 4. The zero-order chi connectivity index (χ0) is 19.8. The van der Waals surface area contributed by atoms with E-state index in [1.807, 2.05) is 0 Å². The molecular weight excluding hydrogens is 327 g/mol. The highest BCUT2D eigenvalue weighted by molar-refractivity contribution is 6.49. The summed E-state index contributed by atoms with van der Waals surface area (Å²) in [7, 11) is -0.382. The zero-order valence-corrected chi connectivity index (χ0v) is 18.6.